The molecule has 3 aromatic rings. The number of hydrogen-bond donors (Lipinski definition) is 0. The molecule has 42 heavy (non-hydrogen) atoms. The third-order valence-corrected chi connectivity index (χ3v) is 8.75. The zero-order valence-electron chi connectivity index (χ0n) is 24.4. The molecular weight excluding hydrogens is 704 g/mol. The van der Waals surface area contributed by atoms with Crippen molar-refractivity contribution in [3.05, 3.63) is 136 Å². The van der Waals surface area contributed by atoms with E-state index >= 15 is 0 Å². The fourth-order valence-electron chi connectivity index (χ4n) is 3.78. The SMILES string of the molecule is C[C]1C(C)=C(C)C(C)=C1C.[C-]#CC#CC#CC#CC#C.[N-]=O.[Re].c1ccc(P(c2ccccc2)c2ccccc2)cc1. The van der Waals surface area contributed by atoms with Gasteiger partial charge in [0.05, 0.1) is 0 Å². The van der Waals surface area contributed by atoms with Crippen molar-refractivity contribution < 1.29 is 20.4 Å². The van der Waals surface area contributed by atoms with Crippen molar-refractivity contribution in [3.8, 4) is 53.8 Å². The summed E-state index contributed by atoms with van der Waals surface area (Å²) in [6, 6.07) is 32.3. The van der Waals surface area contributed by atoms with Crippen LogP contribution in [0.15, 0.2) is 113 Å². The predicted molar refractivity (Wildman–Crippen MR) is 177 cm³/mol. The molecule has 0 aromatic heterocycles. The number of nitrogens with zero attached hydrogens (tertiary/aromatic N) is 1. The van der Waals surface area contributed by atoms with Crippen LogP contribution in [0.5, 0.6) is 0 Å². The topological polar surface area (TPSA) is 39.4 Å². The molecule has 2 nitrogen and oxygen atoms in total. The van der Waals surface area contributed by atoms with Crippen molar-refractivity contribution in [2.24, 2.45) is 0 Å². The van der Waals surface area contributed by atoms with E-state index in [0.717, 1.165) is 0 Å². The molecule has 0 spiro atoms. The number of rotatable bonds is 3. The number of terminal acetylenes is 1. The normalized spacial score (nSPS) is 10.8. The fourth-order valence-corrected chi connectivity index (χ4v) is 6.08. The second-order valence-corrected chi connectivity index (χ2v) is 10.7. The Morgan fingerprint density at radius 2 is 0.857 bits per heavy atom. The van der Waals surface area contributed by atoms with Crippen LogP contribution in [0.1, 0.15) is 34.6 Å². The molecule has 4 heteroatoms. The maximum atomic E-state index is 7.25. The van der Waals surface area contributed by atoms with Gasteiger partial charge in [-0.15, -0.1) is 12.3 Å². The van der Waals surface area contributed by atoms with Crippen LogP contribution in [0, 0.1) is 71.0 Å². The van der Waals surface area contributed by atoms with Gasteiger partial charge in [0.15, 0.2) is 0 Å². The first-order chi connectivity index (χ1) is 19.9. The Morgan fingerprint density at radius 3 is 1.12 bits per heavy atom. The van der Waals surface area contributed by atoms with Crippen molar-refractivity contribution in [1.29, 1.82) is 0 Å². The molecule has 0 aliphatic heterocycles. The van der Waals surface area contributed by atoms with Crippen LogP contribution in [0.2, 0.25) is 0 Å². The van der Waals surface area contributed by atoms with Gasteiger partial charge in [0.25, 0.3) is 0 Å². The third kappa shape index (κ3) is 12.4. The Labute approximate surface area is 267 Å². The quantitative estimate of drug-likeness (QED) is 0.159. The molecule has 3 aromatic carbocycles. The Hall–Kier alpha value is -4.37. The van der Waals surface area contributed by atoms with Gasteiger partial charge in [-0.25, -0.2) is 5.92 Å². The first kappa shape index (κ1) is 37.6. The Balaban J connectivity index is 0.000000628. The average molecular weight is 735 g/mol. The maximum absolute atomic E-state index is 7.25. The van der Waals surface area contributed by atoms with Crippen molar-refractivity contribution in [1.82, 2.24) is 0 Å². The smallest absolute Gasteiger partial charge is 0.0226 e. The third-order valence-electron chi connectivity index (χ3n) is 6.30. The largest absolute Gasteiger partial charge is 0.577 e. The molecule has 0 heterocycles. The minimum atomic E-state index is -0.446. The second-order valence-electron chi connectivity index (χ2n) is 8.49. The molecule has 2 radical (unpaired) electrons. The zero-order valence-corrected chi connectivity index (χ0v) is 28.0. The van der Waals surface area contributed by atoms with E-state index < -0.39 is 7.92 Å². The summed E-state index contributed by atoms with van der Waals surface area (Å²) in [4.78, 5) is 7.25. The monoisotopic (exact) mass is 735 g/mol. The van der Waals surface area contributed by atoms with Gasteiger partial charge in [0, 0.05) is 26.3 Å². The van der Waals surface area contributed by atoms with Gasteiger partial charge < -0.3 is 16.9 Å². The second kappa shape index (κ2) is 22.3. The van der Waals surface area contributed by atoms with E-state index in [9.17, 15) is 0 Å². The van der Waals surface area contributed by atoms with Crippen molar-refractivity contribution in [2.45, 2.75) is 34.6 Å². The van der Waals surface area contributed by atoms with E-state index in [1.54, 1.807) is 0 Å². The molecule has 0 unspecified atom stereocenters. The molecule has 0 saturated carbocycles. The van der Waals surface area contributed by atoms with E-state index in [1.807, 2.05) is 5.92 Å². The Morgan fingerprint density at radius 1 is 0.548 bits per heavy atom. The minimum absolute atomic E-state index is 0. The molecule has 1 aliphatic rings. The molecule has 0 fully saturated rings. The summed E-state index contributed by atoms with van der Waals surface area (Å²) in [6.45, 7) is 11.0. The standard InChI is InChI=1S/C18H15P.C10H15.C10H.NO.Re/c1-4-10-16(11-5-1)19(17-12-6-2-7-13-17)18-14-8-3-9-15-18;1-6-7(2)9(4)10(5)8(6)3;1-3-5-7-9-10-8-6-4-2;1-2;/h1-15H;1-5H3;1H;;/q;;2*-1;. The van der Waals surface area contributed by atoms with E-state index in [0.29, 0.717) is 0 Å². The van der Waals surface area contributed by atoms with E-state index in [4.69, 9.17) is 23.3 Å². The van der Waals surface area contributed by atoms with Crippen molar-refractivity contribution >= 4 is 23.8 Å². The van der Waals surface area contributed by atoms with Crippen LogP contribution in [-0.2, 0) is 20.4 Å². The number of hydrogen-bond acceptors (Lipinski definition) is 1. The summed E-state index contributed by atoms with van der Waals surface area (Å²) in [6.07, 6.45) is 11.2. The van der Waals surface area contributed by atoms with Crippen LogP contribution >= 0.6 is 7.92 Å². The van der Waals surface area contributed by atoms with Crippen LogP contribution < -0.4 is 15.9 Å². The van der Waals surface area contributed by atoms with E-state index in [1.165, 1.54) is 44.1 Å². The fraction of sp³-hybridized carbons (Fsp3) is 0.132. The summed E-state index contributed by atoms with van der Waals surface area (Å²) >= 11 is 0. The van der Waals surface area contributed by atoms with Crippen LogP contribution in [0.25, 0.3) is 5.59 Å². The first-order valence-electron chi connectivity index (χ1n) is 12.6. The zero-order chi connectivity index (χ0) is 30.5. The molecule has 0 N–H and O–H groups in total. The average Bonchev–Trinajstić information content (AvgIpc) is 3.19. The molecule has 4 rings (SSSR count). The molecular formula is C38H31NOPRe-2. The van der Waals surface area contributed by atoms with Gasteiger partial charge in [-0.05, 0) is 92.3 Å². The summed E-state index contributed by atoms with van der Waals surface area (Å²) in [7, 11) is -0.446. The van der Waals surface area contributed by atoms with Crippen molar-refractivity contribution in [2.75, 3.05) is 0 Å². The Kier molecular flexibility index (Phi) is 20.0. The number of nitroso groups, excluding NO2 is 1. The van der Waals surface area contributed by atoms with E-state index in [-0.39, 0.29) is 20.4 Å². The van der Waals surface area contributed by atoms with Gasteiger partial charge in [0.2, 0.25) is 0 Å². The summed E-state index contributed by atoms with van der Waals surface area (Å²) < 4.78 is 0. The van der Waals surface area contributed by atoms with Gasteiger partial charge >= 0.3 is 0 Å². The molecule has 0 atom stereocenters. The molecule has 208 valence electrons. The van der Waals surface area contributed by atoms with Crippen LogP contribution in [0.3, 0.4) is 0 Å². The van der Waals surface area contributed by atoms with Gasteiger partial charge in [0.1, 0.15) is 0 Å². The van der Waals surface area contributed by atoms with Gasteiger partial charge in [-0.3, -0.25) is 5.92 Å². The Bertz CT molecular complexity index is 1440. The maximum Gasteiger partial charge on any atom is 0.0226 e. The molecule has 0 bridgehead atoms. The van der Waals surface area contributed by atoms with Gasteiger partial charge in [-0.2, -0.15) is 0 Å². The number of benzene rings is 3. The van der Waals surface area contributed by atoms with Crippen LogP contribution in [-0.4, -0.2) is 0 Å². The van der Waals surface area contributed by atoms with E-state index in [2.05, 4.69) is 167 Å². The first-order valence-corrected chi connectivity index (χ1v) is 14.0. The minimum Gasteiger partial charge on any atom is -0.577 e. The molecule has 1 aliphatic carbocycles. The number of allylic oxidation sites excluding steroid dienone is 4. The summed E-state index contributed by atoms with van der Waals surface area (Å²) in [5.41, 5.74) is 11.6. The summed E-state index contributed by atoms with van der Waals surface area (Å²) in [5.74, 6) is 19.3. The molecule has 0 saturated heterocycles. The predicted octanol–water partition coefficient (Wildman–Crippen LogP) is 7.25. The van der Waals surface area contributed by atoms with Gasteiger partial charge in [-0.1, -0.05) is 109 Å². The van der Waals surface area contributed by atoms with Crippen LogP contribution in [0.4, 0.5) is 0 Å². The molecule has 0 amide bonds. The summed E-state index contributed by atoms with van der Waals surface area (Å²) in [5, 5.41) is 4.19. The van der Waals surface area contributed by atoms with Crippen molar-refractivity contribution in [3.63, 3.8) is 0 Å².